The lowest BCUT2D eigenvalue weighted by atomic mass is 10.2. The molecule has 0 fully saturated rings. The molecule has 0 aliphatic rings. The van der Waals surface area contributed by atoms with Crippen LogP contribution in [0.15, 0.2) is 12.1 Å². The Morgan fingerprint density at radius 3 is 2.73 bits per heavy atom. The second-order valence-electron chi connectivity index (χ2n) is 2.75. The van der Waals surface area contributed by atoms with E-state index >= 15 is 0 Å². The second-order valence-corrected chi connectivity index (χ2v) is 2.75. The minimum absolute atomic E-state index is 0.663. The second kappa shape index (κ2) is 3.37. The average molecular weight is 150 g/mol. The highest BCUT2D eigenvalue weighted by atomic mass is 14.8. The van der Waals surface area contributed by atoms with Gasteiger partial charge < -0.3 is 5.73 Å². The van der Waals surface area contributed by atoms with Crippen molar-refractivity contribution in [3.05, 3.63) is 23.4 Å². The maximum absolute atomic E-state index is 5.64. The van der Waals surface area contributed by atoms with Crippen molar-refractivity contribution in [2.24, 2.45) is 0 Å². The van der Waals surface area contributed by atoms with Gasteiger partial charge in [-0.1, -0.05) is 19.4 Å². The largest absolute Gasteiger partial charge is 0.383 e. The van der Waals surface area contributed by atoms with Gasteiger partial charge in [0, 0.05) is 5.69 Å². The molecule has 11 heavy (non-hydrogen) atoms. The van der Waals surface area contributed by atoms with Gasteiger partial charge >= 0.3 is 0 Å². The monoisotopic (exact) mass is 150 g/mol. The zero-order chi connectivity index (χ0) is 8.27. The molecule has 0 spiro atoms. The van der Waals surface area contributed by atoms with Crippen molar-refractivity contribution in [1.82, 2.24) is 4.98 Å². The molecule has 0 aliphatic heterocycles. The standard InChI is InChI=1S/C9H14N2/c1-3-4-8-6-5-7(2)9(10)11-8/h5-6H,3-4H2,1-2H3,(H2,10,11). The molecule has 1 heterocycles. The lowest BCUT2D eigenvalue weighted by Gasteiger charge is -2.01. The number of pyridine rings is 1. The van der Waals surface area contributed by atoms with E-state index in [2.05, 4.69) is 11.9 Å². The fourth-order valence-corrected chi connectivity index (χ4v) is 0.982. The van der Waals surface area contributed by atoms with Crippen LogP contribution < -0.4 is 5.73 Å². The molecule has 0 aromatic carbocycles. The molecule has 0 aliphatic carbocycles. The molecule has 0 atom stereocenters. The first kappa shape index (κ1) is 8.05. The maximum atomic E-state index is 5.64. The average Bonchev–Trinajstić information content (AvgIpc) is 1.98. The predicted molar refractivity (Wildman–Crippen MR) is 47.4 cm³/mol. The number of aryl methyl sites for hydroxylation is 2. The minimum Gasteiger partial charge on any atom is -0.383 e. The van der Waals surface area contributed by atoms with Crippen molar-refractivity contribution in [1.29, 1.82) is 0 Å². The van der Waals surface area contributed by atoms with Gasteiger partial charge in [0.1, 0.15) is 5.82 Å². The van der Waals surface area contributed by atoms with Crippen LogP contribution >= 0.6 is 0 Å². The van der Waals surface area contributed by atoms with Crippen LogP contribution in [0.25, 0.3) is 0 Å². The van der Waals surface area contributed by atoms with Crippen LogP contribution in [0.2, 0.25) is 0 Å². The molecular weight excluding hydrogens is 136 g/mol. The van der Waals surface area contributed by atoms with Gasteiger partial charge in [0.2, 0.25) is 0 Å². The van der Waals surface area contributed by atoms with Crippen LogP contribution in [-0.4, -0.2) is 4.98 Å². The zero-order valence-electron chi connectivity index (χ0n) is 7.09. The van der Waals surface area contributed by atoms with Gasteiger partial charge in [-0.15, -0.1) is 0 Å². The molecular formula is C9H14N2. The van der Waals surface area contributed by atoms with Crippen LogP contribution in [0.3, 0.4) is 0 Å². The van der Waals surface area contributed by atoms with Crippen molar-refractivity contribution in [3.63, 3.8) is 0 Å². The topological polar surface area (TPSA) is 38.9 Å². The van der Waals surface area contributed by atoms with Gasteiger partial charge in [0.15, 0.2) is 0 Å². The summed E-state index contributed by atoms with van der Waals surface area (Å²) in [6.45, 7) is 4.11. The van der Waals surface area contributed by atoms with Crippen molar-refractivity contribution in [2.75, 3.05) is 5.73 Å². The summed E-state index contributed by atoms with van der Waals surface area (Å²) >= 11 is 0. The predicted octanol–water partition coefficient (Wildman–Crippen LogP) is 1.92. The number of nitrogens with zero attached hydrogens (tertiary/aromatic N) is 1. The summed E-state index contributed by atoms with van der Waals surface area (Å²) in [7, 11) is 0. The Bertz CT molecular complexity index is 243. The van der Waals surface area contributed by atoms with E-state index in [0.29, 0.717) is 5.82 Å². The van der Waals surface area contributed by atoms with E-state index in [9.17, 15) is 0 Å². The van der Waals surface area contributed by atoms with E-state index in [1.54, 1.807) is 0 Å². The van der Waals surface area contributed by atoms with Gasteiger partial charge in [-0.25, -0.2) is 4.98 Å². The van der Waals surface area contributed by atoms with Crippen molar-refractivity contribution in [3.8, 4) is 0 Å². The molecule has 2 nitrogen and oxygen atoms in total. The summed E-state index contributed by atoms with van der Waals surface area (Å²) in [5.74, 6) is 0.663. The molecule has 0 radical (unpaired) electrons. The van der Waals surface area contributed by atoms with Crippen LogP contribution in [-0.2, 0) is 6.42 Å². The van der Waals surface area contributed by atoms with Crippen LogP contribution in [0.5, 0.6) is 0 Å². The summed E-state index contributed by atoms with van der Waals surface area (Å²) in [4.78, 5) is 4.24. The lowest BCUT2D eigenvalue weighted by molar-refractivity contribution is 0.883. The quantitative estimate of drug-likeness (QED) is 0.699. The van der Waals surface area contributed by atoms with Crippen LogP contribution in [0, 0.1) is 6.92 Å². The van der Waals surface area contributed by atoms with E-state index in [1.807, 2.05) is 19.1 Å². The van der Waals surface area contributed by atoms with E-state index < -0.39 is 0 Å². The molecule has 0 bridgehead atoms. The first-order valence-electron chi connectivity index (χ1n) is 3.96. The lowest BCUT2D eigenvalue weighted by Crippen LogP contribution is -1.97. The van der Waals surface area contributed by atoms with Gasteiger partial charge in [0.05, 0.1) is 0 Å². The number of hydrogen-bond acceptors (Lipinski definition) is 2. The number of aromatic nitrogens is 1. The van der Waals surface area contributed by atoms with Gasteiger partial charge in [-0.05, 0) is 25.0 Å². The summed E-state index contributed by atoms with van der Waals surface area (Å²) < 4.78 is 0. The fraction of sp³-hybridized carbons (Fsp3) is 0.444. The Kier molecular flexibility index (Phi) is 2.47. The number of nitrogen functional groups attached to an aromatic ring is 1. The first-order valence-corrected chi connectivity index (χ1v) is 3.96. The Hall–Kier alpha value is -1.05. The van der Waals surface area contributed by atoms with E-state index in [1.165, 1.54) is 0 Å². The van der Waals surface area contributed by atoms with Gasteiger partial charge in [-0.3, -0.25) is 0 Å². The summed E-state index contributed by atoms with van der Waals surface area (Å²) in [5.41, 5.74) is 7.79. The third-order valence-electron chi connectivity index (χ3n) is 1.70. The number of anilines is 1. The Balaban J connectivity index is 2.86. The molecule has 60 valence electrons. The molecule has 0 unspecified atom stereocenters. The molecule has 1 rings (SSSR count). The number of hydrogen-bond donors (Lipinski definition) is 1. The minimum atomic E-state index is 0.663. The molecule has 0 amide bonds. The smallest absolute Gasteiger partial charge is 0.126 e. The van der Waals surface area contributed by atoms with Crippen molar-refractivity contribution >= 4 is 5.82 Å². The maximum Gasteiger partial charge on any atom is 0.126 e. The molecule has 2 N–H and O–H groups in total. The molecule has 0 saturated heterocycles. The molecule has 1 aromatic heterocycles. The third kappa shape index (κ3) is 1.93. The highest BCUT2D eigenvalue weighted by Crippen LogP contribution is 2.08. The Morgan fingerprint density at radius 2 is 2.18 bits per heavy atom. The van der Waals surface area contributed by atoms with Crippen LogP contribution in [0.4, 0.5) is 5.82 Å². The zero-order valence-corrected chi connectivity index (χ0v) is 7.09. The number of nitrogens with two attached hydrogens (primary N) is 1. The summed E-state index contributed by atoms with van der Waals surface area (Å²) in [5, 5.41) is 0. The highest BCUT2D eigenvalue weighted by Gasteiger charge is 1.96. The normalized spacial score (nSPS) is 10.0. The third-order valence-corrected chi connectivity index (χ3v) is 1.70. The SMILES string of the molecule is CCCc1ccc(C)c(N)n1. The molecule has 1 aromatic rings. The highest BCUT2D eigenvalue weighted by molar-refractivity contribution is 5.38. The van der Waals surface area contributed by atoms with E-state index in [0.717, 1.165) is 24.1 Å². The summed E-state index contributed by atoms with van der Waals surface area (Å²) in [6.07, 6.45) is 2.14. The van der Waals surface area contributed by atoms with Crippen molar-refractivity contribution < 1.29 is 0 Å². The first-order chi connectivity index (χ1) is 5.24. The van der Waals surface area contributed by atoms with Crippen LogP contribution in [0.1, 0.15) is 24.6 Å². The summed E-state index contributed by atoms with van der Waals surface area (Å²) in [6, 6.07) is 4.06. The Morgan fingerprint density at radius 1 is 1.45 bits per heavy atom. The molecule has 2 heteroatoms. The van der Waals surface area contributed by atoms with Gasteiger partial charge in [-0.2, -0.15) is 0 Å². The van der Waals surface area contributed by atoms with E-state index in [-0.39, 0.29) is 0 Å². The van der Waals surface area contributed by atoms with E-state index in [4.69, 9.17) is 5.73 Å². The molecule has 0 saturated carbocycles. The number of rotatable bonds is 2. The van der Waals surface area contributed by atoms with Gasteiger partial charge in [0.25, 0.3) is 0 Å². The fourth-order valence-electron chi connectivity index (χ4n) is 0.982. The van der Waals surface area contributed by atoms with Crippen molar-refractivity contribution in [2.45, 2.75) is 26.7 Å². The Labute approximate surface area is 67.5 Å².